The maximum atomic E-state index is 10.9. The topological polar surface area (TPSA) is 92.1 Å². The van der Waals surface area contributed by atoms with Gasteiger partial charge in [-0.1, -0.05) is 24.3 Å². The van der Waals surface area contributed by atoms with Crippen molar-refractivity contribution >= 4 is 17.0 Å². The Balaban J connectivity index is 1.88. The zero-order chi connectivity index (χ0) is 15.1. The van der Waals surface area contributed by atoms with Crippen LogP contribution in [0, 0.1) is 0 Å². The van der Waals surface area contributed by atoms with E-state index in [9.17, 15) is 4.79 Å². The van der Waals surface area contributed by atoms with E-state index in [2.05, 4.69) is 40.0 Å². The van der Waals surface area contributed by atoms with Crippen molar-refractivity contribution in [1.29, 1.82) is 0 Å². The Kier molecular flexibility index (Phi) is 5.42. The molecule has 0 saturated heterocycles. The van der Waals surface area contributed by atoms with Crippen molar-refractivity contribution in [3.63, 3.8) is 0 Å². The SMILES string of the molecule is CCC=CCNCNCn1nnc2cc(C(=O)O)ccc21. The van der Waals surface area contributed by atoms with E-state index in [0.29, 0.717) is 18.9 Å². The van der Waals surface area contributed by atoms with Crippen molar-refractivity contribution in [2.45, 2.75) is 20.0 Å². The lowest BCUT2D eigenvalue weighted by Crippen LogP contribution is -2.30. The molecular formula is C14H19N5O2. The van der Waals surface area contributed by atoms with Crippen LogP contribution < -0.4 is 10.6 Å². The van der Waals surface area contributed by atoms with E-state index in [-0.39, 0.29) is 5.56 Å². The van der Waals surface area contributed by atoms with Crippen LogP contribution in [0.4, 0.5) is 0 Å². The number of aromatic carboxylic acids is 1. The first kappa shape index (κ1) is 15.1. The summed E-state index contributed by atoms with van der Waals surface area (Å²) in [6.07, 6.45) is 5.23. The Morgan fingerprint density at radius 3 is 3.00 bits per heavy atom. The van der Waals surface area contributed by atoms with Gasteiger partial charge in [0.05, 0.1) is 17.7 Å². The molecule has 3 N–H and O–H groups in total. The van der Waals surface area contributed by atoms with Crippen molar-refractivity contribution < 1.29 is 9.90 Å². The Morgan fingerprint density at radius 2 is 2.24 bits per heavy atom. The predicted molar refractivity (Wildman–Crippen MR) is 79.9 cm³/mol. The van der Waals surface area contributed by atoms with Crippen molar-refractivity contribution in [2.24, 2.45) is 0 Å². The average Bonchev–Trinajstić information content (AvgIpc) is 2.88. The molecule has 0 atom stereocenters. The third kappa shape index (κ3) is 4.11. The fourth-order valence-corrected chi connectivity index (χ4v) is 1.88. The molecule has 0 aliphatic heterocycles. The van der Waals surface area contributed by atoms with Crippen LogP contribution in [0.2, 0.25) is 0 Å². The number of allylic oxidation sites excluding steroid dienone is 1. The van der Waals surface area contributed by atoms with Crippen LogP contribution in [-0.2, 0) is 6.67 Å². The lowest BCUT2D eigenvalue weighted by atomic mass is 10.2. The molecule has 1 heterocycles. The maximum Gasteiger partial charge on any atom is 0.335 e. The zero-order valence-electron chi connectivity index (χ0n) is 11.9. The van der Waals surface area contributed by atoms with E-state index in [1.165, 1.54) is 6.07 Å². The van der Waals surface area contributed by atoms with Crippen LogP contribution in [0.5, 0.6) is 0 Å². The second-order valence-electron chi connectivity index (χ2n) is 4.52. The average molecular weight is 289 g/mol. The van der Waals surface area contributed by atoms with E-state index >= 15 is 0 Å². The summed E-state index contributed by atoms with van der Waals surface area (Å²) >= 11 is 0. The van der Waals surface area contributed by atoms with Gasteiger partial charge in [-0.25, -0.2) is 9.48 Å². The molecule has 0 amide bonds. The van der Waals surface area contributed by atoms with E-state index in [4.69, 9.17) is 5.11 Å². The number of fused-ring (bicyclic) bond motifs is 1. The highest BCUT2D eigenvalue weighted by Crippen LogP contribution is 2.12. The summed E-state index contributed by atoms with van der Waals surface area (Å²) in [4.78, 5) is 10.9. The fourth-order valence-electron chi connectivity index (χ4n) is 1.88. The number of hydrogen-bond donors (Lipinski definition) is 3. The van der Waals surface area contributed by atoms with Gasteiger partial charge in [-0.3, -0.25) is 5.32 Å². The molecule has 112 valence electrons. The summed E-state index contributed by atoms with van der Waals surface area (Å²) < 4.78 is 1.70. The predicted octanol–water partition coefficient (Wildman–Crippen LogP) is 1.19. The van der Waals surface area contributed by atoms with Gasteiger partial charge in [0.15, 0.2) is 0 Å². The van der Waals surface area contributed by atoms with Gasteiger partial charge < -0.3 is 10.4 Å². The fraction of sp³-hybridized carbons (Fsp3) is 0.357. The van der Waals surface area contributed by atoms with Crippen LogP contribution in [0.25, 0.3) is 11.0 Å². The third-order valence-corrected chi connectivity index (χ3v) is 2.94. The Bertz CT molecular complexity index is 635. The van der Waals surface area contributed by atoms with Crippen molar-refractivity contribution in [2.75, 3.05) is 13.2 Å². The van der Waals surface area contributed by atoms with Crippen molar-refractivity contribution in [3.8, 4) is 0 Å². The van der Waals surface area contributed by atoms with Gasteiger partial charge in [-0.15, -0.1) is 5.10 Å². The van der Waals surface area contributed by atoms with Crippen LogP contribution in [-0.4, -0.2) is 39.3 Å². The second kappa shape index (κ2) is 7.51. The number of nitrogens with one attached hydrogen (secondary N) is 2. The Morgan fingerprint density at radius 1 is 1.38 bits per heavy atom. The first-order chi connectivity index (χ1) is 10.2. The molecule has 7 nitrogen and oxygen atoms in total. The lowest BCUT2D eigenvalue weighted by molar-refractivity contribution is 0.0697. The molecule has 0 fully saturated rings. The highest BCUT2D eigenvalue weighted by Gasteiger charge is 2.08. The van der Waals surface area contributed by atoms with E-state index in [1.54, 1.807) is 16.8 Å². The normalized spacial score (nSPS) is 11.5. The van der Waals surface area contributed by atoms with E-state index in [1.807, 2.05) is 0 Å². The number of aromatic nitrogens is 3. The van der Waals surface area contributed by atoms with Crippen molar-refractivity contribution in [3.05, 3.63) is 35.9 Å². The number of hydrogen-bond acceptors (Lipinski definition) is 5. The molecule has 0 radical (unpaired) electrons. The van der Waals surface area contributed by atoms with Gasteiger partial charge in [0.2, 0.25) is 0 Å². The van der Waals surface area contributed by atoms with Gasteiger partial charge >= 0.3 is 5.97 Å². The minimum absolute atomic E-state index is 0.215. The summed E-state index contributed by atoms with van der Waals surface area (Å²) in [7, 11) is 0. The molecule has 2 rings (SSSR count). The van der Waals surface area contributed by atoms with Crippen LogP contribution in [0.15, 0.2) is 30.4 Å². The number of carboxylic acids is 1. The molecular weight excluding hydrogens is 270 g/mol. The number of rotatable bonds is 8. The molecule has 21 heavy (non-hydrogen) atoms. The first-order valence-corrected chi connectivity index (χ1v) is 6.85. The number of carbonyl (C=O) groups is 1. The van der Waals surface area contributed by atoms with Crippen molar-refractivity contribution in [1.82, 2.24) is 25.6 Å². The maximum absolute atomic E-state index is 10.9. The molecule has 0 spiro atoms. The molecule has 7 heteroatoms. The summed E-state index contributed by atoms with van der Waals surface area (Å²) in [6, 6.07) is 4.80. The summed E-state index contributed by atoms with van der Waals surface area (Å²) in [6.45, 7) is 4.08. The molecule has 1 aromatic carbocycles. The molecule has 0 aliphatic carbocycles. The quantitative estimate of drug-likeness (QED) is 0.384. The van der Waals surface area contributed by atoms with Crippen LogP contribution >= 0.6 is 0 Å². The minimum Gasteiger partial charge on any atom is -0.478 e. The van der Waals surface area contributed by atoms with Crippen LogP contribution in [0.1, 0.15) is 23.7 Å². The highest BCUT2D eigenvalue weighted by atomic mass is 16.4. The number of nitrogens with zero attached hydrogens (tertiary/aromatic N) is 3. The highest BCUT2D eigenvalue weighted by molar-refractivity contribution is 5.92. The zero-order valence-corrected chi connectivity index (χ0v) is 11.9. The summed E-state index contributed by atoms with van der Waals surface area (Å²) in [5.74, 6) is -0.964. The lowest BCUT2D eigenvalue weighted by Gasteiger charge is -2.05. The second-order valence-corrected chi connectivity index (χ2v) is 4.52. The Hall–Kier alpha value is -2.25. The summed E-state index contributed by atoms with van der Waals surface area (Å²) in [5.41, 5.74) is 1.60. The molecule has 0 bridgehead atoms. The van der Waals surface area contributed by atoms with Gasteiger partial charge in [0, 0.05) is 13.2 Å². The Labute approximate surface area is 122 Å². The van der Waals surface area contributed by atoms with E-state index in [0.717, 1.165) is 18.5 Å². The van der Waals surface area contributed by atoms with Gasteiger partial charge in [-0.05, 0) is 24.6 Å². The number of benzene rings is 1. The standard InChI is InChI=1S/C14H19N5O2/c1-2-3-4-7-15-9-16-10-19-13-6-5-11(14(20)21)8-12(13)17-18-19/h3-6,8,15-16H,2,7,9-10H2,1H3,(H,20,21). The molecule has 0 aliphatic rings. The first-order valence-electron chi connectivity index (χ1n) is 6.85. The molecule has 0 saturated carbocycles. The minimum atomic E-state index is -0.964. The van der Waals surface area contributed by atoms with Gasteiger partial charge in [0.1, 0.15) is 5.52 Å². The van der Waals surface area contributed by atoms with E-state index < -0.39 is 5.97 Å². The third-order valence-electron chi connectivity index (χ3n) is 2.94. The van der Waals surface area contributed by atoms with Gasteiger partial charge in [0.25, 0.3) is 0 Å². The summed E-state index contributed by atoms with van der Waals surface area (Å²) in [5, 5.41) is 23.3. The molecule has 1 aromatic heterocycles. The molecule has 2 aromatic rings. The molecule has 0 unspecified atom stereocenters. The van der Waals surface area contributed by atoms with Gasteiger partial charge in [-0.2, -0.15) is 0 Å². The monoisotopic (exact) mass is 289 g/mol. The smallest absolute Gasteiger partial charge is 0.335 e. The number of carboxylic acid groups (broad SMARTS) is 1. The largest absolute Gasteiger partial charge is 0.478 e. The van der Waals surface area contributed by atoms with Crippen LogP contribution in [0.3, 0.4) is 0 Å².